The Morgan fingerprint density at radius 1 is 1.50 bits per heavy atom. The Balaban J connectivity index is 2.02. The minimum atomic E-state index is -0.835. The minimum Gasteiger partial charge on any atom is -0.480 e. The number of aliphatic carboxylic acids is 1. The van der Waals surface area contributed by atoms with Gasteiger partial charge in [-0.25, -0.2) is 0 Å². The lowest BCUT2D eigenvalue weighted by Gasteiger charge is -2.48. The van der Waals surface area contributed by atoms with Gasteiger partial charge in [0, 0.05) is 26.1 Å². The molecule has 0 amide bonds. The largest absolute Gasteiger partial charge is 0.480 e. The zero-order valence-electron chi connectivity index (χ0n) is 11.0. The van der Waals surface area contributed by atoms with Crippen molar-refractivity contribution in [2.45, 2.75) is 43.7 Å². The van der Waals surface area contributed by atoms with Gasteiger partial charge in [-0.15, -0.1) is 0 Å². The van der Waals surface area contributed by atoms with E-state index in [-0.39, 0.29) is 12.5 Å². The second-order valence-corrected chi connectivity index (χ2v) is 5.60. The number of hydrogen-bond donors (Lipinski definition) is 2. The number of rotatable bonds is 4. The Kier molecular flexibility index (Phi) is 4.25. The molecule has 0 aromatic heterocycles. The van der Waals surface area contributed by atoms with E-state index in [0.717, 1.165) is 25.7 Å². The second kappa shape index (κ2) is 5.55. The highest BCUT2D eigenvalue weighted by molar-refractivity contribution is 5.73. The van der Waals surface area contributed by atoms with Gasteiger partial charge in [0.1, 0.15) is 6.04 Å². The van der Waals surface area contributed by atoms with E-state index in [0.29, 0.717) is 19.5 Å². The molecule has 5 nitrogen and oxygen atoms in total. The first-order chi connectivity index (χ1) is 8.57. The van der Waals surface area contributed by atoms with Crippen molar-refractivity contribution in [1.29, 1.82) is 0 Å². The highest BCUT2D eigenvalue weighted by Gasteiger charge is 2.44. The van der Waals surface area contributed by atoms with Crippen LogP contribution in [-0.4, -0.2) is 59.5 Å². The summed E-state index contributed by atoms with van der Waals surface area (Å²) in [6.07, 6.45) is 4.79. The average molecular weight is 257 g/mol. The van der Waals surface area contributed by atoms with E-state index in [1.165, 1.54) is 7.11 Å². The lowest BCUT2D eigenvalue weighted by Crippen LogP contribution is -2.58. The highest BCUT2D eigenvalue weighted by Crippen LogP contribution is 2.40. The number of methoxy groups -OCH3 is 1. The summed E-state index contributed by atoms with van der Waals surface area (Å²) in [6, 6.07) is -0.582. The third-order valence-corrected chi connectivity index (χ3v) is 4.51. The van der Waals surface area contributed by atoms with Gasteiger partial charge in [0.15, 0.2) is 0 Å². The predicted octanol–water partition coefficient (Wildman–Crippen LogP) is 0.713. The Hall–Kier alpha value is -0.650. The molecule has 1 heterocycles. The van der Waals surface area contributed by atoms with Crippen LogP contribution in [0.3, 0.4) is 0 Å². The van der Waals surface area contributed by atoms with E-state index >= 15 is 0 Å². The molecule has 1 saturated carbocycles. The molecule has 2 fully saturated rings. The first-order valence-electron chi connectivity index (χ1n) is 6.75. The standard InChI is InChI=1S/C13H23NO4/c1-18-9-11(12(15)16)14-7-6-13(17)5-3-2-4-10(13)8-14/h10-11,17H,2-9H2,1H3,(H,15,16). The van der Waals surface area contributed by atoms with Crippen molar-refractivity contribution in [3.05, 3.63) is 0 Å². The van der Waals surface area contributed by atoms with Crippen molar-refractivity contribution < 1.29 is 19.7 Å². The van der Waals surface area contributed by atoms with Gasteiger partial charge >= 0.3 is 5.97 Å². The summed E-state index contributed by atoms with van der Waals surface area (Å²) < 4.78 is 4.99. The molecule has 1 aliphatic carbocycles. The van der Waals surface area contributed by atoms with Gasteiger partial charge in [-0.05, 0) is 19.3 Å². The molecule has 0 aromatic carbocycles. The molecule has 2 aliphatic rings. The topological polar surface area (TPSA) is 70.0 Å². The monoisotopic (exact) mass is 257 g/mol. The lowest BCUT2D eigenvalue weighted by atomic mass is 9.71. The number of carboxylic acids is 1. The first-order valence-corrected chi connectivity index (χ1v) is 6.75. The number of piperidine rings is 1. The number of aliphatic hydroxyl groups is 1. The number of ether oxygens (including phenoxy) is 1. The third kappa shape index (κ3) is 2.68. The maximum absolute atomic E-state index is 11.2. The summed E-state index contributed by atoms with van der Waals surface area (Å²) in [6.45, 7) is 1.53. The van der Waals surface area contributed by atoms with Crippen LogP contribution >= 0.6 is 0 Å². The van der Waals surface area contributed by atoms with Crippen molar-refractivity contribution in [2.75, 3.05) is 26.8 Å². The first kappa shape index (κ1) is 13.8. The van der Waals surface area contributed by atoms with E-state index in [2.05, 4.69) is 0 Å². The molecule has 0 spiro atoms. The van der Waals surface area contributed by atoms with Crippen LogP contribution in [0.15, 0.2) is 0 Å². The normalized spacial score (nSPS) is 34.9. The molecule has 2 N–H and O–H groups in total. The number of carboxylic acid groups (broad SMARTS) is 1. The van der Waals surface area contributed by atoms with E-state index in [4.69, 9.17) is 4.74 Å². The van der Waals surface area contributed by atoms with Crippen LogP contribution in [0.25, 0.3) is 0 Å². The molecule has 3 atom stereocenters. The average Bonchev–Trinajstić information content (AvgIpc) is 2.34. The summed E-state index contributed by atoms with van der Waals surface area (Å²) in [5, 5.41) is 19.8. The van der Waals surface area contributed by atoms with Crippen molar-refractivity contribution in [2.24, 2.45) is 5.92 Å². The summed E-state index contributed by atoms with van der Waals surface area (Å²) >= 11 is 0. The molecule has 2 rings (SSSR count). The molecule has 0 bridgehead atoms. The number of likely N-dealkylation sites (tertiary alicyclic amines) is 1. The Morgan fingerprint density at radius 2 is 2.28 bits per heavy atom. The smallest absolute Gasteiger partial charge is 0.323 e. The summed E-state index contributed by atoms with van der Waals surface area (Å²) in [4.78, 5) is 13.2. The van der Waals surface area contributed by atoms with E-state index in [9.17, 15) is 15.0 Å². The van der Waals surface area contributed by atoms with Crippen LogP contribution < -0.4 is 0 Å². The van der Waals surface area contributed by atoms with E-state index < -0.39 is 17.6 Å². The molecule has 18 heavy (non-hydrogen) atoms. The van der Waals surface area contributed by atoms with E-state index in [1.54, 1.807) is 0 Å². The highest BCUT2D eigenvalue weighted by atomic mass is 16.5. The van der Waals surface area contributed by atoms with Gasteiger partial charge in [0.2, 0.25) is 0 Å². The van der Waals surface area contributed by atoms with Crippen molar-refractivity contribution in [1.82, 2.24) is 4.90 Å². The molecule has 3 unspecified atom stereocenters. The lowest BCUT2D eigenvalue weighted by molar-refractivity contribution is -0.152. The molecule has 0 radical (unpaired) electrons. The predicted molar refractivity (Wildman–Crippen MR) is 66.4 cm³/mol. The van der Waals surface area contributed by atoms with Gasteiger partial charge < -0.3 is 14.9 Å². The van der Waals surface area contributed by atoms with Crippen LogP contribution in [-0.2, 0) is 9.53 Å². The van der Waals surface area contributed by atoms with Crippen LogP contribution in [0, 0.1) is 5.92 Å². The molecule has 0 aromatic rings. The maximum atomic E-state index is 11.2. The van der Waals surface area contributed by atoms with E-state index in [1.807, 2.05) is 4.90 Å². The van der Waals surface area contributed by atoms with Crippen molar-refractivity contribution in [3.63, 3.8) is 0 Å². The van der Waals surface area contributed by atoms with Crippen molar-refractivity contribution >= 4 is 5.97 Å². The Morgan fingerprint density at radius 3 is 2.94 bits per heavy atom. The molecule has 104 valence electrons. The van der Waals surface area contributed by atoms with Crippen LogP contribution in [0.2, 0.25) is 0 Å². The summed E-state index contributed by atoms with van der Waals surface area (Å²) in [7, 11) is 1.52. The zero-order chi connectivity index (χ0) is 13.2. The van der Waals surface area contributed by atoms with Gasteiger partial charge in [-0.1, -0.05) is 12.8 Å². The molecule has 1 aliphatic heterocycles. The third-order valence-electron chi connectivity index (χ3n) is 4.51. The summed E-state index contributed by atoms with van der Waals surface area (Å²) in [5.41, 5.74) is -0.551. The number of hydrogen-bond acceptors (Lipinski definition) is 4. The maximum Gasteiger partial charge on any atom is 0.323 e. The number of fused-ring (bicyclic) bond motifs is 1. The summed E-state index contributed by atoms with van der Waals surface area (Å²) in [5.74, 6) is -0.614. The molecular weight excluding hydrogens is 234 g/mol. The van der Waals surface area contributed by atoms with Gasteiger partial charge in [-0.3, -0.25) is 9.69 Å². The van der Waals surface area contributed by atoms with Crippen LogP contribution in [0.1, 0.15) is 32.1 Å². The SMILES string of the molecule is COCC(C(=O)O)N1CCC2(O)CCCCC2C1. The van der Waals surface area contributed by atoms with Gasteiger partial charge in [-0.2, -0.15) is 0 Å². The number of carbonyl (C=O) groups is 1. The van der Waals surface area contributed by atoms with Crippen LogP contribution in [0.4, 0.5) is 0 Å². The quantitative estimate of drug-likeness (QED) is 0.776. The second-order valence-electron chi connectivity index (χ2n) is 5.60. The van der Waals surface area contributed by atoms with Crippen LogP contribution in [0.5, 0.6) is 0 Å². The molecule has 1 saturated heterocycles. The minimum absolute atomic E-state index is 0.209. The molecular formula is C13H23NO4. The van der Waals surface area contributed by atoms with Crippen molar-refractivity contribution in [3.8, 4) is 0 Å². The van der Waals surface area contributed by atoms with Gasteiger partial charge in [0.25, 0.3) is 0 Å². The zero-order valence-corrected chi connectivity index (χ0v) is 11.0. The fraction of sp³-hybridized carbons (Fsp3) is 0.923. The Labute approximate surface area is 108 Å². The molecule has 5 heteroatoms. The Bertz CT molecular complexity index is 309. The fourth-order valence-corrected chi connectivity index (χ4v) is 3.37. The fourth-order valence-electron chi connectivity index (χ4n) is 3.37. The van der Waals surface area contributed by atoms with Gasteiger partial charge in [0.05, 0.1) is 12.2 Å². The number of nitrogens with zero attached hydrogens (tertiary/aromatic N) is 1.